The first-order chi connectivity index (χ1) is 15.7. The average molecular weight is 459 g/mol. The quantitative estimate of drug-likeness (QED) is 0.464. The molecule has 2 unspecified atom stereocenters. The monoisotopic (exact) mass is 458 g/mol. The van der Waals surface area contributed by atoms with Crippen LogP contribution in [-0.4, -0.2) is 32.9 Å². The van der Waals surface area contributed by atoms with Crippen molar-refractivity contribution >= 4 is 12.0 Å². The van der Waals surface area contributed by atoms with Crippen LogP contribution >= 0.6 is 0 Å². The topological polar surface area (TPSA) is 63.2 Å². The number of methoxy groups -OCH3 is 3. The van der Waals surface area contributed by atoms with Gasteiger partial charge in [0.25, 0.3) is 0 Å². The van der Waals surface area contributed by atoms with Crippen molar-refractivity contribution in [3.63, 3.8) is 0 Å². The second-order valence-electron chi connectivity index (χ2n) is 8.40. The zero-order valence-electron chi connectivity index (χ0n) is 20.2. The predicted octanol–water partition coefficient (Wildman–Crippen LogP) is 5.83. The lowest BCUT2D eigenvalue weighted by atomic mass is 9.87. The van der Waals surface area contributed by atoms with Crippen LogP contribution < -0.4 is 18.9 Å². The van der Waals surface area contributed by atoms with E-state index in [0.717, 1.165) is 5.56 Å². The lowest BCUT2D eigenvalue weighted by Crippen LogP contribution is -2.28. The maximum absolute atomic E-state index is 15.4. The van der Waals surface area contributed by atoms with Gasteiger partial charge in [0.05, 0.1) is 26.9 Å². The molecule has 0 N–H and O–H groups in total. The minimum Gasteiger partial charge on any atom is -0.496 e. The number of hydrogen-bond acceptors (Lipinski definition) is 6. The van der Waals surface area contributed by atoms with E-state index in [9.17, 15) is 4.79 Å². The summed E-state index contributed by atoms with van der Waals surface area (Å²) < 4.78 is 43.5. The molecule has 7 heteroatoms. The molecule has 1 heterocycles. The first kappa shape index (κ1) is 24.4. The molecule has 0 aromatic heterocycles. The predicted molar refractivity (Wildman–Crippen MR) is 124 cm³/mol. The summed E-state index contributed by atoms with van der Waals surface area (Å²) in [4.78, 5) is 12.4. The number of carbonyl (C=O) groups excluding carboxylic acids is 1. The van der Waals surface area contributed by atoms with Gasteiger partial charge in [-0.1, -0.05) is 19.9 Å². The smallest absolute Gasteiger partial charge is 0.306 e. The first-order valence-electron chi connectivity index (χ1n) is 10.9. The molecular weight excluding hydrogens is 427 g/mol. The summed E-state index contributed by atoms with van der Waals surface area (Å²) >= 11 is 0. The van der Waals surface area contributed by atoms with Gasteiger partial charge < -0.3 is 23.7 Å². The summed E-state index contributed by atoms with van der Waals surface area (Å²) in [6, 6.07) is 6.87. The van der Waals surface area contributed by atoms with Gasteiger partial charge in [-0.15, -0.1) is 0 Å². The third kappa shape index (κ3) is 4.77. The lowest BCUT2D eigenvalue weighted by Gasteiger charge is -2.31. The number of hydrogen-bond donors (Lipinski definition) is 0. The normalized spacial score (nSPS) is 15.6. The van der Waals surface area contributed by atoms with E-state index in [1.807, 2.05) is 32.1 Å². The number of fused-ring (bicyclic) bond motifs is 1. The van der Waals surface area contributed by atoms with Crippen LogP contribution in [0.4, 0.5) is 4.39 Å². The maximum atomic E-state index is 15.4. The molecule has 2 aromatic rings. The highest BCUT2D eigenvalue weighted by atomic mass is 19.1. The van der Waals surface area contributed by atoms with Crippen molar-refractivity contribution in [1.29, 1.82) is 0 Å². The fourth-order valence-electron chi connectivity index (χ4n) is 3.98. The number of rotatable bonds is 8. The average Bonchev–Trinajstić information content (AvgIpc) is 2.80. The summed E-state index contributed by atoms with van der Waals surface area (Å²) in [5.41, 5.74) is 1.23. The molecule has 2 aromatic carbocycles. The van der Waals surface area contributed by atoms with E-state index < -0.39 is 29.4 Å². The minimum absolute atomic E-state index is 0.00149. The zero-order valence-corrected chi connectivity index (χ0v) is 20.2. The molecular formula is C26H31FO6. The Labute approximate surface area is 194 Å². The van der Waals surface area contributed by atoms with Crippen molar-refractivity contribution < 1.29 is 32.9 Å². The van der Waals surface area contributed by atoms with Gasteiger partial charge in [0.15, 0.2) is 17.3 Å². The van der Waals surface area contributed by atoms with E-state index in [4.69, 9.17) is 23.7 Å². The van der Waals surface area contributed by atoms with Gasteiger partial charge in [-0.05, 0) is 49.8 Å². The minimum atomic E-state index is -0.811. The van der Waals surface area contributed by atoms with E-state index in [-0.39, 0.29) is 17.9 Å². The Hall–Kier alpha value is -3.22. The Morgan fingerprint density at radius 2 is 1.70 bits per heavy atom. The van der Waals surface area contributed by atoms with Crippen molar-refractivity contribution in [1.82, 2.24) is 0 Å². The van der Waals surface area contributed by atoms with Gasteiger partial charge in [0, 0.05) is 17.9 Å². The summed E-state index contributed by atoms with van der Waals surface area (Å²) in [7, 11) is 4.37. The molecule has 0 saturated heterocycles. The van der Waals surface area contributed by atoms with Crippen LogP contribution in [0.5, 0.6) is 23.0 Å². The van der Waals surface area contributed by atoms with E-state index in [1.165, 1.54) is 14.2 Å². The first-order valence-corrected chi connectivity index (χ1v) is 10.9. The molecule has 1 aliphatic heterocycles. The molecule has 0 fully saturated rings. The third-order valence-electron chi connectivity index (χ3n) is 5.73. The fourth-order valence-corrected chi connectivity index (χ4v) is 3.98. The van der Waals surface area contributed by atoms with E-state index in [0.29, 0.717) is 22.6 Å². The number of halogens is 1. The second-order valence-corrected chi connectivity index (χ2v) is 8.40. The van der Waals surface area contributed by atoms with Gasteiger partial charge in [0.1, 0.15) is 23.2 Å². The highest BCUT2D eigenvalue weighted by Gasteiger charge is 2.33. The molecule has 0 amide bonds. The van der Waals surface area contributed by atoms with Gasteiger partial charge in [-0.25, -0.2) is 4.39 Å². The Morgan fingerprint density at radius 1 is 1.03 bits per heavy atom. The molecule has 178 valence electrons. The largest absolute Gasteiger partial charge is 0.496 e. The SMILES string of the molecule is CCC(=O)OC(c1ccc2c(c1OC)C=CC(C)(C)O2)C(C)c1ccc(OC)c(OC)c1F. The molecule has 2 atom stereocenters. The van der Waals surface area contributed by atoms with Crippen LogP contribution in [0.3, 0.4) is 0 Å². The van der Waals surface area contributed by atoms with Crippen LogP contribution in [0.2, 0.25) is 0 Å². The molecule has 6 nitrogen and oxygen atoms in total. The number of carbonyl (C=O) groups is 1. The Kier molecular flexibility index (Phi) is 7.20. The third-order valence-corrected chi connectivity index (χ3v) is 5.73. The van der Waals surface area contributed by atoms with Crippen molar-refractivity contribution in [2.45, 2.75) is 51.7 Å². The molecule has 0 saturated carbocycles. The fraction of sp³-hybridized carbons (Fsp3) is 0.423. The van der Waals surface area contributed by atoms with Gasteiger partial charge in [-0.3, -0.25) is 4.79 Å². The summed E-state index contributed by atoms with van der Waals surface area (Å²) in [6.45, 7) is 7.43. The van der Waals surface area contributed by atoms with E-state index >= 15 is 4.39 Å². The van der Waals surface area contributed by atoms with Crippen LogP contribution in [0.1, 0.15) is 62.8 Å². The standard InChI is InChI=1S/C26H31FO6/c1-8-21(28)32-23(15(2)16-9-12-20(29-5)25(31-7)22(16)27)18-10-11-19-17(24(18)30-6)13-14-26(3,4)33-19/h9-15,23H,8H2,1-7H3. The van der Waals surface area contributed by atoms with Crippen molar-refractivity contribution in [3.8, 4) is 23.0 Å². The molecule has 0 radical (unpaired) electrons. The number of esters is 1. The van der Waals surface area contributed by atoms with Crippen LogP contribution in [0.15, 0.2) is 30.3 Å². The van der Waals surface area contributed by atoms with Crippen LogP contribution in [-0.2, 0) is 9.53 Å². The number of ether oxygens (including phenoxy) is 5. The van der Waals surface area contributed by atoms with Crippen LogP contribution in [0, 0.1) is 5.82 Å². The van der Waals surface area contributed by atoms with E-state index in [2.05, 4.69) is 0 Å². The Bertz CT molecular complexity index is 1060. The Morgan fingerprint density at radius 3 is 2.30 bits per heavy atom. The summed E-state index contributed by atoms with van der Waals surface area (Å²) in [5.74, 6) is -0.0707. The van der Waals surface area contributed by atoms with Crippen LogP contribution in [0.25, 0.3) is 6.08 Å². The number of benzene rings is 2. The molecule has 0 aliphatic carbocycles. The Balaban J connectivity index is 2.14. The molecule has 3 rings (SSSR count). The maximum Gasteiger partial charge on any atom is 0.306 e. The second kappa shape index (κ2) is 9.73. The molecule has 1 aliphatic rings. The highest BCUT2D eigenvalue weighted by Crippen LogP contribution is 2.47. The molecule has 0 bridgehead atoms. The van der Waals surface area contributed by atoms with E-state index in [1.54, 1.807) is 39.2 Å². The molecule has 33 heavy (non-hydrogen) atoms. The van der Waals surface area contributed by atoms with Crippen molar-refractivity contribution in [2.75, 3.05) is 21.3 Å². The van der Waals surface area contributed by atoms with Crippen molar-refractivity contribution in [2.24, 2.45) is 0 Å². The van der Waals surface area contributed by atoms with Gasteiger partial charge >= 0.3 is 5.97 Å². The zero-order chi connectivity index (χ0) is 24.3. The van der Waals surface area contributed by atoms with Crippen molar-refractivity contribution in [3.05, 3.63) is 52.8 Å². The summed E-state index contributed by atoms with van der Waals surface area (Å²) in [5, 5.41) is 0. The van der Waals surface area contributed by atoms with Gasteiger partial charge in [0.2, 0.25) is 0 Å². The van der Waals surface area contributed by atoms with Gasteiger partial charge in [-0.2, -0.15) is 0 Å². The highest BCUT2D eigenvalue weighted by molar-refractivity contribution is 5.72. The summed E-state index contributed by atoms with van der Waals surface area (Å²) in [6.07, 6.45) is 3.24. The lowest BCUT2D eigenvalue weighted by molar-refractivity contribution is -0.150. The molecule has 0 spiro atoms.